The first-order valence-corrected chi connectivity index (χ1v) is 8.13. The van der Waals surface area contributed by atoms with Crippen molar-refractivity contribution in [2.75, 3.05) is 4.72 Å². The first-order valence-electron chi connectivity index (χ1n) is 6.65. The highest BCUT2D eigenvalue weighted by Crippen LogP contribution is 2.24. The maximum absolute atomic E-state index is 12.5. The van der Waals surface area contributed by atoms with Crippen molar-refractivity contribution >= 4 is 26.6 Å². The SMILES string of the molecule is CCc1cc(NS(=O)(=O)c2cccc3ccccc23)n[nH]1. The second-order valence-corrected chi connectivity index (χ2v) is 6.37. The second kappa shape index (κ2) is 5.21. The normalized spacial score (nSPS) is 11.7. The van der Waals surface area contributed by atoms with Crippen LogP contribution in [0.1, 0.15) is 12.6 Å². The van der Waals surface area contributed by atoms with Gasteiger partial charge in [-0.05, 0) is 17.9 Å². The predicted molar refractivity (Wildman–Crippen MR) is 82.7 cm³/mol. The molecule has 108 valence electrons. The molecule has 3 aromatic rings. The second-order valence-electron chi connectivity index (χ2n) is 4.71. The minimum Gasteiger partial charge on any atom is -0.280 e. The Morgan fingerprint density at radius 2 is 1.90 bits per heavy atom. The molecule has 0 aliphatic carbocycles. The fraction of sp³-hybridized carbons (Fsp3) is 0.133. The third-order valence-electron chi connectivity index (χ3n) is 3.29. The van der Waals surface area contributed by atoms with E-state index < -0.39 is 10.0 Å². The van der Waals surface area contributed by atoms with E-state index in [1.807, 2.05) is 31.2 Å². The third-order valence-corrected chi connectivity index (χ3v) is 4.70. The Balaban J connectivity index is 2.04. The Kier molecular flexibility index (Phi) is 3.39. The number of anilines is 1. The maximum Gasteiger partial charge on any atom is 0.263 e. The molecule has 0 bridgehead atoms. The van der Waals surface area contributed by atoms with Gasteiger partial charge in [0.25, 0.3) is 10.0 Å². The van der Waals surface area contributed by atoms with Gasteiger partial charge in [-0.3, -0.25) is 9.82 Å². The number of aromatic amines is 1. The lowest BCUT2D eigenvalue weighted by atomic mass is 10.1. The average Bonchev–Trinajstić information content (AvgIpc) is 2.93. The molecule has 2 aromatic carbocycles. The van der Waals surface area contributed by atoms with Crippen molar-refractivity contribution in [1.82, 2.24) is 10.2 Å². The molecule has 0 spiro atoms. The van der Waals surface area contributed by atoms with E-state index in [1.54, 1.807) is 24.3 Å². The number of aryl methyl sites for hydroxylation is 1. The highest BCUT2D eigenvalue weighted by atomic mass is 32.2. The molecule has 2 N–H and O–H groups in total. The number of nitrogens with zero attached hydrogens (tertiary/aromatic N) is 1. The quantitative estimate of drug-likeness (QED) is 0.778. The molecule has 0 saturated carbocycles. The summed E-state index contributed by atoms with van der Waals surface area (Å²) in [4.78, 5) is 0.252. The van der Waals surface area contributed by atoms with Crippen LogP contribution in [0, 0.1) is 0 Å². The van der Waals surface area contributed by atoms with Crippen LogP contribution in [0.3, 0.4) is 0 Å². The van der Waals surface area contributed by atoms with Crippen LogP contribution in [-0.4, -0.2) is 18.6 Å². The fourth-order valence-electron chi connectivity index (χ4n) is 2.22. The Bertz CT molecular complexity index is 879. The smallest absolute Gasteiger partial charge is 0.263 e. The lowest BCUT2D eigenvalue weighted by Gasteiger charge is -2.08. The Hall–Kier alpha value is -2.34. The summed E-state index contributed by atoms with van der Waals surface area (Å²) in [5.41, 5.74) is 0.880. The third kappa shape index (κ3) is 2.62. The lowest BCUT2D eigenvalue weighted by molar-refractivity contribution is 0.602. The van der Waals surface area contributed by atoms with Crippen molar-refractivity contribution in [3.63, 3.8) is 0 Å². The zero-order chi connectivity index (χ0) is 14.9. The first-order chi connectivity index (χ1) is 10.1. The number of hydrogen-bond donors (Lipinski definition) is 2. The molecule has 6 heteroatoms. The molecule has 5 nitrogen and oxygen atoms in total. The van der Waals surface area contributed by atoms with E-state index in [0.29, 0.717) is 11.2 Å². The molecule has 1 aromatic heterocycles. The molecule has 0 amide bonds. The molecule has 0 saturated heterocycles. The summed E-state index contributed by atoms with van der Waals surface area (Å²) in [7, 11) is -3.67. The predicted octanol–water partition coefficient (Wildman–Crippen LogP) is 2.93. The molecule has 21 heavy (non-hydrogen) atoms. The van der Waals surface area contributed by atoms with Crippen molar-refractivity contribution < 1.29 is 8.42 Å². The van der Waals surface area contributed by atoms with Gasteiger partial charge in [0.1, 0.15) is 0 Å². The topological polar surface area (TPSA) is 74.8 Å². The molecule has 0 fully saturated rings. The minimum atomic E-state index is -3.67. The van der Waals surface area contributed by atoms with Crippen molar-refractivity contribution in [3.8, 4) is 0 Å². The molecule has 0 aliphatic rings. The summed E-state index contributed by atoms with van der Waals surface area (Å²) < 4.78 is 27.6. The Morgan fingerprint density at radius 3 is 2.67 bits per heavy atom. The number of sulfonamides is 1. The molecular formula is C15H15N3O2S. The largest absolute Gasteiger partial charge is 0.280 e. The summed E-state index contributed by atoms with van der Waals surface area (Å²) >= 11 is 0. The van der Waals surface area contributed by atoms with Crippen LogP contribution in [-0.2, 0) is 16.4 Å². The summed E-state index contributed by atoms with van der Waals surface area (Å²) in [6.45, 7) is 1.97. The fourth-order valence-corrected chi connectivity index (χ4v) is 3.44. The number of aromatic nitrogens is 2. The van der Waals surface area contributed by atoms with Gasteiger partial charge < -0.3 is 0 Å². The van der Waals surface area contributed by atoms with E-state index in [4.69, 9.17) is 0 Å². The zero-order valence-electron chi connectivity index (χ0n) is 11.5. The van der Waals surface area contributed by atoms with Crippen LogP contribution < -0.4 is 4.72 Å². The van der Waals surface area contributed by atoms with Gasteiger partial charge in [-0.25, -0.2) is 8.42 Å². The Morgan fingerprint density at radius 1 is 1.14 bits per heavy atom. The summed E-state index contributed by atoms with van der Waals surface area (Å²) in [5, 5.41) is 8.33. The molecule has 0 unspecified atom stereocenters. The molecular weight excluding hydrogens is 286 g/mol. The van der Waals surface area contributed by atoms with Crippen molar-refractivity contribution in [2.24, 2.45) is 0 Å². The van der Waals surface area contributed by atoms with Gasteiger partial charge in [0.15, 0.2) is 5.82 Å². The molecule has 0 aliphatic heterocycles. The van der Waals surface area contributed by atoms with Crippen LogP contribution in [0.25, 0.3) is 10.8 Å². The number of benzene rings is 2. The van der Waals surface area contributed by atoms with Gasteiger partial charge in [-0.1, -0.05) is 43.3 Å². The first kappa shape index (κ1) is 13.6. The van der Waals surface area contributed by atoms with Crippen LogP contribution in [0.4, 0.5) is 5.82 Å². The highest BCUT2D eigenvalue weighted by molar-refractivity contribution is 7.93. The van der Waals surface area contributed by atoms with Gasteiger partial charge in [-0.2, -0.15) is 5.10 Å². The van der Waals surface area contributed by atoms with Gasteiger partial charge in [0.2, 0.25) is 0 Å². The number of H-pyrrole nitrogens is 1. The summed E-state index contributed by atoms with van der Waals surface area (Å²) in [6, 6.07) is 14.3. The number of nitrogens with one attached hydrogen (secondary N) is 2. The van der Waals surface area contributed by atoms with Gasteiger partial charge in [-0.15, -0.1) is 0 Å². The van der Waals surface area contributed by atoms with E-state index in [-0.39, 0.29) is 4.90 Å². The zero-order valence-corrected chi connectivity index (χ0v) is 12.3. The van der Waals surface area contributed by atoms with Crippen molar-refractivity contribution in [1.29, 1.82) is 0 Å². The van der Waals surface area contributed by atoms with E-state index in [0.717, 1.165) is 17.5 Å². The van der Waals surface area contributed by atoms with E-state index in [1.165, 1.54) is 0 Å². The number of rotatable bonds is 4. The molecule has 3 rings (SSSR count). The summed E-state index contributed by atoms with van der Waals surface area (Å²) in [5.74, 6) is 0.305. The van der Waals surface area contributed by atoms with E-state index in [2.05, 4.69) is 14.9 Å². The molecule has 1 heterocycles. The van der Waals surface area contributed by atoms with Crippen LogP contribution in [0.5, 0.6) is 0 Å². The van der Waals surface area contributed by atoms with Crippen molar-refractivity contribution in [2.45, 2.75) is 18.2 Å². The maximum atomic E-state index is 12.5. The molecule has 0 radical (unpaired) electrons. The van der Waals surface area contributed by atoms with Crippen LogP contribution in [0.15, 0.2) is 53.4 Å². The average molecular weight is 301 g/mol. The minimum absolute atomic E-state index is 0.252. The number of hydrogen-bond acceptors (Lipinski definition) is 3. The van der Waals surface area contributed by atoms with Crippen LogP contribution >= 0.6 is 0 Å². The van der Waals surface area contributed by atoms with Gasteiger partial charge >= 0.3 is 0 Å². The summed E-state index contributed by atoms with van der Waals surface area (Å²) in [6.07, 6.45) is 0.767. The van der Waals surface area contributed by atoms with Gasteiger partial charge in [0, 0.05) is 17.1 Å². The monoisotopic (exact) mass is 301 g/mol. The number of fused-ring (bicyclic) bond motifs is 1. The lowest BCUT2D eigenvalue weighted by Crippen LogP contribution is -2.13. The standard InChI is InChI=1S/C15H15N3O2S/c1-2-12-10-15(17-16-12)18-21(19,20)14-9-5-7-11-6-3-4-8-13(11)14/h3-10H,2H2,1H3,(H2,16,17,18). The van der Waals surface area contributed by atoms with Crippen LogP contribution in [0.2, 0.25) is 0 Å². The van der Waals surface area contributed by atoms with Crippen molar-refractivity contribution in [3.05, 3.63) is 54.2 Å². The van der Waals surface area contributed by atoms with E-state index >= 15 is 0 Å². The van der Waals surface area contributed by atoms with Gasteiger partial charge in [0.05, 0.1) is 4.90 Å². The Labute approximate surface area is 123 Å². The molecule has 0 atom stereocenters. The highest BCUT2D eigenvalue weighted by Gasteiger charge is 2.18. The van der Waals surface area contributed by atoms with E-state index in [9.17, 15) is 8.42 Å².